The Balaban J connectivity index is 2.37. The number of hydrogen-bond acceptors (Lipinski definition) is 3. The molecular weight excluding hydrogens is 300 g/mol. The van der Waals surface area contributed by atoms with Crippen LogP contribution in [0, 0.1) is 12.7 Å². The molecule has 1 N–H and O–H groups in total. The number of anilines is 1. The Morgan fingerprint density at radius 3 is 2.43 bits per heavy atom. The average Bonchev–Trinajstić information content (AvgIpc) is 2.37. The fraction of sp³-hybridized carbons (Fsp3) is 0.0714. The Kier molecular flexibility index (Phi) is 4.04. The molecule has 0 bridgehead atoms. The van der Waals surface area contributed by atoms with Crippen molar-refractivity contribution in [3.05, 3.63) is 59.4 Å². The lowest BCUT2D eigenvalue weighted by molar-refractivity contribution is 0.102. The van der Waals surface area contributed by atoms with E-state index >= 15 is 0 Å². The molecule has 7 heteroatoms. The van der Waals surface area contributed by atoms with E-state index in [1.807, 2.05) is 0 Å². The number of halogens is 2. The molecule has 0 aliphatic rings. The van der Waals surface area contributed by atoms with E-state index in [0.717, 1.165) is 6.07 Å². The largest absolute Gasteiger partial charge is 0.334 e. The first-order valence-electron chi connectivity index (χ1n) is 5.90. The third kappa shape index (κ3) is 3.43. The zero-order valence-electron chi connectivity index (χ0n) is 10.9. The highest BCUT2D eigenvalue weighted by Crippen LogP contribution is 2.23. The molecule has 0 fully saturated rings. The number of hydrogen-bond donors (Lipinski definition) is 1. The van der Waals surface area contributed by atoms with Gasteiger partial charge in [0.2, 0.25) is 0 Å². The van der Waals surface area contributed by atoms with Gasteiger partial charge in [0.15, 0.2) is 0 Å². The number of para-hydroxylation sites is 1. The average molecular weight is 311 g/mol. The summed E-state index contributed by atoms with van der Waals surface area (Å²) in [5.41, 5.74) is 0.132. The molecule has 4 nitrogen and oxygen atoms in total. The van der Waals surface area contributed by atoms with Crippen LogP contribution in [0.2, 0.25) is 0 Å². The van der Waals surface area contributed by atoms with Gasteiger partial charge in [0, 0.05) is 0 Å². The Labute approximate surface area is 120 Å². The van der Waals surface area contributed by atoms with Gasteiger partial charge in [-0.15, -0.1) is 3.89 Å². The minimum Gasteiger partial charge on any atom is -0.321 e. The molecule has 110 valence electrons. The fourth-order valence-electron chi connectivity index (χ4n) is 1.78. The van der Waals surface area contributed by atoms with Crippen molar-refractivity contribution in [2.45, 2.75) is 11.8 Å². The smallest absolute Gasteiger partial charge is 0.321 e. The van der Waals surface area contributed by atoms with Crippen molar-refractivity contribution >= 4 is 21.8 Å². The maximum Gasteiger partial charge on any atom is 0.334 e. The maximum absolute atomic E-state index is 13.7. The van der Waals surface area contributed by atoms with Crippen LogP contribution in [0.4, 0.5) is 14.0 Å². The van der Waals surface area contributed by atoms with Gasteiger partial charge in [-0.2, -0.15) is 8.42 Å². The van der Waals surface area contributed by atoms with Crippen molar-refractivity contribution in [1.82, 2.24) is 0 Å². The van der Waals surface area contributed by atoms with Crippen LogP contribution in [0.15, 0.2) is 47.4 Å². The topological polar surface area (TPSA) is 63.2 Å². The Bertz CT molecular complexity index is 804. The van der Waals surface area contributed by atoms with Gasteiger partial charge >= 0.3 is 10.2 Å². The van der Waals surface area contributed by atoms with Gasteiger partial charge in [0.05, 0.1) is 11.3 Å². The molecule has 0 radical (unpaired) electrons. The van der Waals surface area contributed by atoms with Crippen LogP contribution in [0.3, 0.4) is 0 Å². The van der Waals surface area contributed by atoms with Gasteiger partial charge in [-0.25, -0.2) is 4.39 Å². The van der Waals surface area contributed by atoms with E-state index in [0.29, 0.717) is 5.56 Å². The lowest BCUT2D eigenvalue weighted by atomic mass is 10.1. The van der Waals surface area contributed by atoms with E-state index in [1.165, 1.54) is 36.4 Å². The Morgan fingerprint density at radius 1 is 1.14 bits per heavy atom. The predicted octanol–water partition coefficient (Wildman–Crippen LogP) is 3.04. The second-order valence-electron chi connectivity index (χ2n) is 4.37. The van der Waals surface area contributed by atoms with Gasteiger partial charge in [0.1, 0.15) is 10.7 Å². The number of amides is 1. The lowest BCUT2D eigenvalue weighted by Gasteiger charge is -2.09. The highest BCUT2D eigenvalue weighted by Gasteiger charge is 2.19. The number of benzene rings is 2. The Hall–Kier alpha value is -2.28. The number of carbonyl (C=O) groups excluding carboxylic acids is 1. The maximum atomic E-state index is 13.7. The van der Waals surface area contributed by atoms with Crippen molar-refractivity contribution in [1.29, 1.82) is 0 Å². The lowest BCUT2D eigenvalue weighted by Crippen LogP contribution is -2.15. The fourth-order valence-corrected chi connectivity index (χ4v) is 2.40. The molecule has 0 aliphatic carbocycles. The van der Waals surface area contributed by atoms with E-state index in [1.54, 1.807) is 6.92 Å². The van der Waals surface area contributed by atoms with Gasteiger partial charge in [-0.1, -0.05) is 18.2 Å². The molecule has 2 aromatic carbocycles. The van der Waals surface area contributed by atoms with Crippen LogP contribution in [0.5, 0.6) is 0 Å². The third-order valence-electron chi connectivity index (χ3n) is 2.77. The molecule has 0 atom stereocenters. The predicted molar refractivity (Wildman–Crippen MR) is 73.8 cm³/mol. The van der Waals surface area contributed by atoms with Crippen LogP contribution in [0.1, 0.15) is 15.9 Å². The molecule has 2 rings (SSSR count). The second kappa shape index (κ2) is 5.61. The first-order chi connectivity index (χ1) is 9.79. The summed E-state index contributed by atoms with van der Waals surface area (Å²) in [6, 6.07) is 8.95. The van der Waals surface area contributed by atoms with Gasteiger partial charge in [-0.3, -0.25) is 4.79 Å². The van der Waals surface area contributed by atoms with E-state index in [4.69, 9.17) is 0 Å². The van der Waals surface area contributed by atoms with Crippen molar-refractivity contribution < 1.29 is 21.5 Å². The molecule has 0 saturated carbocycles. The van der Waals surface area contributed by atoms with Crippen LogP contribution in [-0.2, 0) is 10.2 Å². The van der Waals surface area contributed by atoms with Crippen LogP contribution in [0.25, 0.3) is 0 Å². The Morgan fingerprint density at radius 2 is 1.81 bits per heavy atom. The minimum atomic E-state index is -4.99. The van der Waals surface area contributed by atoms with Crippen LogP contribution < -0.4 is 5.32 Å². The van der Waals surface area contributed by atoms with E-state index in [2.05, 4.69) is 5.32 Å². The number of nitrogens with one attached hydrogen (secondary N) is 1. The first kappa shape index (κ1) is 15.1. The molecular formula is C14H11F2NO3S. The van der Waals surface area contributed by atoms with E-state index in [-0.39, 0.29) is 11.3 Å². The molecule has 0 saturated heterocycles. The molecule has 1 amide bonds. The number of aryl methyl sites for hydroxylation is 1. The van der Waals surface area contributed by atoms with Crippen molar-refractivity contribution in [3.63, 3.8) is 0 Å². The van der Waals surface area contributed by atoms with Crippen molar-refractivity contribution in [3.8, 4) is 0 Å². The summed E-state index contributed by atoms with van der Waals surface area (Å²) >= 11 is 0. The molecule has 2 aromatic rings. The standard InChI is InChI=1S/C14H11F2NO3S/c1-9-6-7-10(11(15)8-9)14(18)17-12-4-2-3-5-13(12)21(16,19)20/h2-8H,1H3,(H,17,18). The third-order valence-corrected chi connectivity index (χ3v) is 3.65. The normalized spacial score (nSPS) is 11.2. The van der Waals surface area contributed by atoms with Crippen LogP contribution >= 0.6 is 0 Å². The monoisotopic (exact) mass is 311 g/mol. The summed E-state index contributed by atoms with van der Waals surface area (Å²) in [6.45, 7) is 1.66. The summed E-state index contributed by atoms with van der Waals surface area (Å²) in [5, 5.41) is 2.20. The van der Waals surface area contributed by atoms with Crippen LogP contribution in [-0.4, -0.2) is 14.3 Å². The highest BCUT2D eigenvalue weighted by molar-refractivity contribution is 7.86. The molecule has 0 spiro atoms. The van der Waals surface area contributed by atoms with E-state index in [9.17, 15) is 21.5 Å². The van der Waals surface area contributed by atoms with Crippen molar-refractivity contribution in [2.24, 2.45) is 0 Å². The zero-order chi connectivity index (χ0) is 15.6. The summed E-state index contributed by atoms with van der Waals surface area (Å²) in [7, 11) is -4.99. The zero-order valence-corrected chi connectivity index (χ0v) is 11.7. The van der Waals surface area contributed by atoms with Crippen molar-refractivity contribution in [2.75, 3.05) is 5.32 Å². The number of rotatable bonds is 3. The second-order valence-corrected chi connectivity index (χ2v) is 5.69. The van der Waals surface area contributed by atoms with E-state index < -0.39 is 26.8 Å². The molecule has 0 aromatic heterocycles. The summed E-state index contributed by atoms with van der Waals surface area (Å²) in [5.74, 6) is -1.60. The SMILES string of the molecule is Cc1ccc(C(=O)Nc2ccccc2S(=O)(=O)F)c(F)c1. The summed E-state index contributed by atoms with van der Waals surface area (Å²) in [4.78, 5) is 11.3. The van der Waals surface area contributed by atoms with Gasteiger partial charge in [0.25, 0.3) is 5.91 Å². The highest BCUT2D eigenvalue weighted by atomic mass is 32.3. The first-order valence-corrected chi connectivity index (χ1v) is 7.28. The van der Waals surface area contributed by atoms with Gasteiger partial charge < -0.3 is 5.32 Å². The quantitative estimate of drug-likeness (QED) is 0.886. The molecule has 21 heavy (non-hydrogen) atoms. The summed E-state index contributed by atoms with van der Waals surface area (Å²) < 4.78 is 48.8. The van der Waals surface area contributed by atoms with Gasteiger partial charge in [-0.05, 0) is 36.8 Å². The summed E-state index contributed by atoms with van der Waals surface area (Å²) in [6.07, 6.45) is 0. The minimum absolute atomic E-state index is 0.245. The molecule has 0 heterocycles. The number of carbonyl (C=O) groups is 1. The molecule has 0 aliphatic heterocycles. The molecule has 0 unspecified atom stereocenters.